The van der Waals surface area contributed by atoms with Gasteiger partial charge in [-0.1, -0.05) is 54.6 Å². The van der Waals surface area contributed by atoms with Crippen molar-refractivity contribution in [2.45, 2.75) is 0 Å². The number of rotatable bonds is 2. The van der Waals surface area contributed by atoms with E-state index in [9.17, 15) is 9.59 Å². The van der Waals surface area contributed by atoms with Crippen LogP contribution in [0, 0.1) is 0 Å². The van der Waals surface area contributed by atoms with E-state index in [0.29, 0.717) is 10.9 Å². The van der Waals surface area contributed by atoms with Crippen molar-refractivity contribution in [2.24, 2.45) is 0 Å². The van der Waals surface area contributed by atoms with Crippen LogP contribution in [0.25, 0.3) is 49.5 Å². The second-order valence-electron chi connectivity index (χ2n) is 7.59. The lowest BCUT2D eigenvalue weighted by Gasteiger charge is -2.09. The van der Waals surface area contributed by atoms with Crippen LogP contribution in [0.3, 0.4) is 0 Å². The lowest BCUT2D eigenvalue weighted by molar-refractivity contribution is 1.08. The molecule has 5 nitrogen and oxygen atoms in total. The first kappa shape index (κ1) is 17.5. The second kappa shape index (κ2) is 6.57. The summed E-state index contributed by atoms with van der Waals surface area (Å²) in [5.41, 5.74) is 4.92. The highest BCUT2D eigenvalue weighted by molar-refractivity contribution is 6.10. The van der Waals surface area contributed by atoms with E-state index < -0.39 is 11.2 Å². The molecule has 0 atom stereocenters. The summed E-state index contributed by atoms with van der Waals surface area (Å²) >= 11 is 0. The number of aromatic amines is 2. The van der Waals surface area contributed by atoms with Gasteiger partial charge in [0.1, 0.15) is 0 Å². The molecule has 0 aliphatic carbocycles. The molecule has 5 heteroatoms. The van der Waals surface area contributed by atoms with E-state index in [1.54, 1.807) is 6.07 Å². The van der Waals surface area contributed by atoms with Gasteiger partial charge in [-0.05, 0) is 47.5 Å². The van der Waals surface area contributed by atoms with Crippen molar-refractivity contribution < 1.29 is 0 Å². The fourth-order valence-corrected chi connectivity index (χ4v) is 4.35. The molecule has 0 saturated carbocycles. The largest absolute Gasteiger partial charge is 0.326 e. The Hall–Kier alpha value is -4.38. The van der Waals surface area contributed by atoms with Gasteiger partial charge in [0.25, 0.3) is 5.56 Å². The standard InChI is InChI=1S/C26H17N3O2/c30-25-21-15-18(11-12-22(21)27-26(31)28-25)29-23-9-5-4-8-19(23)20-14-17(10-13-24(20)29)16-6-2-1-3-7-16/h1-15H,(H2,27,28,30,31). The van der Waals surface area contributed by atoms with Crippen molar-refractivity contribution >= 4 is 32.7 Å². The van der Waals surface area contributed by atoms with E-state index in [0.717, 1.165) is 33.1 Å². The van der Waals surface area contributed by atoms with Crippen LogP contribution in [0.15, 0.2) is 101 Å². The van der Waals surface area contributed by atoms with E-state index >= 15 is 0 Å². The first-order valence-electron chi connectivity index (χ1n) is 10.0. The fraction of sp³-hybridized carbons (Fsp3) is 0. The van der Waals surface area contributed by atoms with E-state index in [-0.39, 0.29) is 0 Å². The van der Waals surface area contributed by atoms with Crippen molar-refractivity contribution in [1.82, 2.24) is 14.5 Å². The van der Waals surface area contributed by atoms with Crippen LogP contribution in [0.4, 0.5) is 0 Å². The second-order valence-corrected chi connectivity index (χ2v) is 7.59. The van der Waals surface area contributed by atoms with E-state index in [2.05, 4.69) is 57.0 Å². The first-order chi connectivity index (χ1) is 15.2. The topological polar surface area (TPSA) is 70.7 Å². The monoisotopic (exact) mass is 403 g/mol. The molecule has 0 fully saturated rings. The van der Waals surface area contributed by atoms with Crippen LogP contribution >= 0.6 is 0 Å². The lowest BCUT2D eigenvalue weighted by Crippen LogP contribution is -2.21. The Morgan fingerprint density at radius 2 is 1.35 bits per heavy atom. The van der Waals surface area contributed by atoms with E-state index in [4.69, 9.17) is 0 Å². The highest BCUT2D eigenvalue weighted by atomic mass is 16.2. The van der Waals surface area contributed by atoms with Crippen LogP contribution in [0.5, 0.6) is 0 Å². The molecule has 2 N–H and O–H groups in total. The zero-order chi connectivity index (χ0) is 20.9. The van der Waals surface area contributed by atoms with Gasteiger partial charge in [-0.3, -0.25) is 9.78 Å². The number of hydrogen-bond donors (Lipinski definition) is 2. The van der Waals surface area contributed by atoms with Crippen molar-refractivity contribution in [3.05, 3.63) is 112 Å². The number of H-pyrrole nitrogens is 2. The number of hydrogen-bond acceptors (Lipinski definition) is 2. The summed E-state index contributed by atoms with van der Waals surface area (Å²) in [6.45, 7) is 0. The minimum absolute atomic E-state index is 0.396. The third kappa shape index (κ3) is 2.71. The Bertz CT molecular complexity index is 1720. The molecule has 2 aromatic heterocycles. The maximum atomic E-state index is 12.4. The maximum Gasteiger partial charge on any atom is 0.326 e. The van der Waals surface area contributed by atoms with Gasteiger partial charge in [0, 0.05) is 16.5 Å². The molecule has 0 aliphatic rings. The molecule has 2 heterocycles. The number of para-hydroxylation sites is 1. The van der Waals surface area contributed by atoms with Crippen molar-refractivity contribution in [3.63, 3.8) is 0 Å². The predicted octanol–water partition coefficient (Wildman–Crippen LogP) is 4.98. The highest BCUT2D eigenvalue weighted by Crippen LogP contribution is 2.35. The van der Waals surface area contributed by atoms with Gasteiger partial charge in [-0.15, -0.1) is 0 Å². The number of fused-ring (bicyclic) bond motifs is 4. The summed E-state index contributed by atoms with van der Waals surface area (Å²) in [5.74, 6) is 0. The Morgan fingerprint density at radius 1 is 0.581 bits per heavy atom. The highest BCUT2D eigenvalue weighted by Gasteiger charge is 2.14. The molecule has 0 radical (unpaired) electrons. The quantitative estimate of drug-likeness (QED) is 0.428. The molecule has 148 valence electrons. The SMILES string of the molecule is O=c1[nH]c(=O)c2cc(-n3c4ccccc4c4cc(-c5ccccc5)ccc43)ccc2[nH]1. The molecular weight excluding hydrogens is 386 g/mol. The fourth-order valence-electron chi connectivity index (χ4n) is 4.35. The summed E-state index contributed by atoms with van der Waals surface area (Å²) < 4.78 is 2.16. The summed E-state index contributed by atoms with van der Waals surface area (Å²) in [7, 11) is 0. The number of benzene rings is 4. The predicted molar refractivity (Wildman–Crippen MR) is 125 cm³/mol. The van der Waals surface area contributed by atoms with Gasteiger partial charge in [0.15, 0.2) is 0 Å². The minimum Gasteiger partial charge on any atom is -0.309 e. The third-order valence-corrected chi connectivity index (χ3v) is 5.76. The molecule has 4 aromatic carbocycles. The summed E-state index contributed by atoms with van der Waals surface area (Å²) in [6.07, 6.45) is 0. The zero-order valence-corrected chi connectivity index (χ0v) is 16.4. The minimum atomic E-state index is -0.504. The van der Waals surface area contributed by atoms with Gasteiger partial charge in [-0.25, -0.2) is 4.79 Å². The molecule has 0 bridgehead atoms. The van der Waals surface area contributed by atoms with Crippen molar-refractivity contribution in [3.8, 4) is 16.8 Å². The molecule has 6 rings (SSSR count). The normalized spacial score (nSPS) is 11.5. The number of aromatic nitrogens is 3. The van der Waals surface area contributed by atoms with Crippen molar-refractivity contribution in [2.75, 3.05) is 0 Å². The van der Waals surface area contributed by atoms with Gasteiger partial charge in [-0.2, -0.15) is 0 Å². The average Bonchev–Trinajstić information content (AvgIpc) is 3.13. The smallest absolute Gasteiger partial charge is 0.309 e. The Labute approximate surface area is 176 Å². The molecule has 0 spiro atoms. The van der Waals surface area contributed by atoms with Crippen molar-refractivity contribution in [1.29, 1.82) is 0 Å². The van der Waals surface area contributed by atoms with E-state index in [1.165, 1.54) is 5.56 Å². The molecular formula is C26H17N3O2. The van der Waals surface area contributed by atoms with Gasteiger partial charge >= 0.3 is 5.69 Å². The number of nitrogens with one attached hydrogen (secondary N) is 2. The van der Waals surface area contributed by atoms with Crippen LogP contribution in [-0.4, -0.2) is 14.5 Å². The van der Waals surface area contributed by atoms with E-state index in [1.807, 2.05) is 42.5 Å². The summed E-state index contributed by atoms with van der Waals surface area (Å²) in [6, 6.07) is 30.6. The molecule has 0 aliphatic heterocycles. The van der Waals surface area contributed by atoms with Crippen LogP contribution < -0.4 is 11.2 Å². The molecule has 6 aromatic rings. The van der Waals surface area contributed by atoms with Gasteiger partial charge in [0.2, 0.25) is 0 Å². The molecule has 0 amide bonds. The maximum absolute atomic E-state index is 12.4. The Kier molecular flexibility index (Phi) is 3.70. The molecule has 0 unspecified atom stereocenters. The first-order valence-corrected chi connectivity index (χ1v) is 10.0. The molecule has 31 heavy (non-hydrogen) atoms. The van der Waals surface area contributed by atoms with Crippen LogP contribution in [0.1, 0.15) is 0 Å². The zero-order valence-electron chi connectivity index (χ0n) is 16.4. The average molecular weight is 403 g/mol. The van der Waals surface area contributed by atoms with Crippen LogP contribution in [0.2, 0.25) is 0 Å². The summed E-state index contributed by atoms with van der Waals surface area (Å²) in [5, 5.41) is 2.74. The third-order valence-electron chi connectivity index (χ3n) is 5.76. The number of nitrogens with zero attached hydrogens (tertiary/aromatic N) is 1. The van der Waals surface area contributed by atoms with Crippen LogP contribution in [-0.2, 0) is 0 Å². The Balaban J connectivity index is 1.67. The molecule has 0 saturated heterocycles. The lowest BCUT2D eigenvalue weighted by atomic mass is 10.0. The Morgan fingerprint density at radius 3 is 2.23 bits per heavy atom. The van der Waals surface area contributed by atoms with Gasteiger partial charge in [0.05, 0.1) is 21.9 Å². The van der Waals surface area contributed by atoms with Gasteiger partial charge < -0.3 is 9.55 Å². The summed E-state index contributed by atoms with van der Waals surface area (Å²) in [4.78, 5) is 29.0.